The van der Waals surface area contributed by atoms with E-state index in [1.807, 2.05) is 30.7 Å². The van der Waals surface area contributed by atoms with Crippen molar-refractivity contribution in [3.63, 3.8) is 0 Å². The summed E-state index contributed by atoms with van der Waals surface area (Å²) in [5.41, 5.74) is 3.46. The molecule has 2 rings (SSSR count). The minimum absolute atomic E-state index is 0.00371. The van der Waals surface area contributed by atoms with Crippen molar-refractivity contribution in [1.29, 1.82) is 0 Å². The molecule has 0 unspecified atom stereocenters. The van der Waals surface area contributed by atoms with E-state index in [1.165, 1.54) is 0 Å². The van der Waals surface area contributed by atoms with Crippen LogP contribution in [0.25, 0.3) is 11.4 Å². The summed E-state index contributed by atoms with van der Waals surface area (Å²) in [5, 5.41) is 13.0. The number of rotatable bonds is 5. The lowest BCUT2D eigenvalue weighted by Crippen LogP contribution is -2.11. The zero-order valence-electron chi connectivity index (χ0n) is 11.0. The monoisotopic (exact) mass is 276 g/mol. The highest BCUT2D eigenvalue weighted by Crippen LogP contribution is 2.22. The number of carbonyl (C=O) groups is 1. The van der Waals surface area contributed by atoms with Crippen LogP contribution >= 0.6 is 11.3 Å². The quantitative estimate of drug-likeness (QED) is 0.912. The van der Waals surface area contributed by atoms with Crippen molar-refractivity contribution in [2.24, 2.45) is 0 Å². The van der Waals surface area contributed by atoms with Crippen LogP contribution in [0.5, 0.6) is 0 Å². The number of thiophene rings is 1. The normalized spacial score (nSPS) is 10.6. The molecular formula is C14H16N2O2S. The molecule has 0 amide bonds. The van der Waals surface area contributed by atoms with Gasteiger partial charge in [0.25, 0.3) is 0 Å². The molecule has 0 aliphatic heterocycles. The van der Waals surface area contributed by atoms with Crippen LogP contribution in [0, 0.1) is 0 Å². The molecule has 0 spiro atoms. The van der Waals surface area contributed by atoms with Crippen LogP contribution in [0.1, 0.15) is 30.8 Å². The summed E-state index contributed by atoms with van der Waals surface area (Å²) in [5.74, 6) is -0.139. The molecule has 0 aliphatic rings. The van der Waals surface area contributed by atoms with Gasteiger partial charge in [-0.1, -0.05) is 13.8 Å². The van der Waals surface area contributed by atoms with E-state index in [1.54, 1.807) is 11.3 Å². The smallest absolute Gasteiger partial charge is 0.307 e. The summed E-state index contributed by atoms with van der Waals surface area (Å²) < 4.78 is 0. The number of aliphatic carboxylic acids is 1. The third-order valence-electron chi connectivity index (χ3n) is 2.96. The number of carboxylic acid groups (broad SMARTS) is 1. The Hall–Kier alpha value is -1.75. The lowest BCUT2D eigenvalue weighted by molar-refractivity contribution is -0.136. The average Bonchev–Trinajstić information content (AvgIpc) is 2.92. The first-order chi connectivity index (χ1) is 9.15. The number of nitrogens with zero attached hydrogens (tertiary/aromatic N) is 2. The van der Waals surface area contributed by atoms with Crippen LogP contribution in [0.3, 0.4) is 0 Å². The molecule has 0 aliphatic carbocycles. The Morgan fingerprint density at radius 2 is 1.89 bits per heavy atom. The maximum Gasteiger partial charge on any atom is 0.307 e. The molecule has 0 saturated carbocycles. The highest BCUT2D eigenvalue weighted by atomic mass is 32.1. The molecule has 4 nitrogen and oxygen atoms in total. The zero-order chi connectivity index (χ0) is 13.8. The first-order valence-electron chi connectivity index (χ1n) is 6.28. The van der Waals surface area contributed by atoms with Gasteiger partial charge in [0.1, 0.15) is 0 Å². The van der Waals surface area contributed by atoms with E-state index in [9.17, 15) is 4.79 Å². The van der Waals surface area contributed by atoms with Gasteiger partial charge in [0, 0.05) is 27.9 Å². The Bertz CT molecular complexity index is 554. The molecule has 1 N–H and O–H groups in total. The summed E-state index contributed by atoms with van der Waals surface area (Å²) in [7, 11) is 0. The molecule has 2 heterocycles. The van der Waals surface area contributed by atoms with Crippen molar-refractivity contribution >= 4 is 17.3 Å². The molecule has 0 aromatic carbocycles. The number of hydrogen-bond acceptors (Lipinski definition) is 4. The van der Waals surface area contributed by atoms with E-state index in [4.69, 9.17) is 5.11 Å². The minimum atomic E-state index is -0.837. The second-order valence-corrected chi connectivity index (χ2v) is 4.99. The van der Waals surface area contributed by atoms with Gasteiger partial charge in [-0.3, -0.25) is 4.79 Å². The molecular weight excluding hydrogens is 260 g/mol. The first-order valence-corrected chi connectivity index (χ1v) is 7.23. The molecule has 0 bridgehead atoms. The minimum Gasteiger partial charge on any atom is -0.481 e. The highest BCUT2D eigenvalue weighted by molar-refractivity contribution is 7.08. The van der Waals surface area contributed by atoms with Crippen LogP contribution < -0.4 is 0 Å². The van der Waals surface area contributed by atoms with Gasteiger partial charge in [-0.05, 0) is 24.3 Å². The van der Waals surface area contributed by atoms with Gasteiger partial charge in [-0.2, -0.15) is 11.3 Å². The summed E-state index contributed by atoms with van der Waals surface area (Å²) in [6.45, 7) is 3.98. The lowest BCUT2D eigenvalue weighted by Gasteiger charge is -2.11. The van der Waals surface area contributed by atoms with Crippen LogP contribution in [-0.4, -0.2) is 21.0 Å². The van der Waals surface area contributed by atoms with Crippen molar-refractivity contribution in [2.45, 2.75) is 33.1 Å². The lowest BCUT2D eigenvalue weighted by atomic mass is 10.0. The fraction of sp³-hybridized carbons (Fsp3) is 0.357. The van der Waals surface area contributed by atoms with Crippen molar-refractivity contribution in [3.05, 3.63) is 33.8 Å². The molecule has 19 heavy (non-hydrogen) atoms. The molecule has 0 atom stereocenters. The first kappa shape index (κ1) is 13.7. The van der Waals surface area contributed by atoms with Crippen molar-refractivity contribution in [1.82, 2.24) is 9.97 Å². The Kier molecular flexibility index (Phi) is 4.27. The van der Waals surface area contributed by atoms with E-state index in [-0.39, 0.29) is 6.42 Å². The standard InChI is InChI=1S/C14H16N2O2S/c1-3-11-10(7-13(17)18)12(4-2)16-14(15-11)9-5-6-19-8-9/h5-6,8H,3-4,7H2,1-2H3,(H,17,18). The molecule has 2 aromatic heterocycles. The van der Waals surface area contributed by atoms with Gasteiger partial charge in [-0.25, -0.2) is 9.97 Å². The van der Waals surface area contributed by atoms with Gasteiger partial charge in [-0.15, -0.1) is 0 Å². The third-order valence-corrected chi connectivity index (χ3v) is 3.64. The van der Waals surface area contributed by atoms with Gasteiger partial charge < -0.3 is 5.11 Å². The SMILES string of the molecule is CCc1nc(-c2ccsc2)nc(CC)c1CC(=O)O. The van der Waals surface area contributed by atoms with Gasteiger partial charge in [0.2, 0.25) is 0 Å². The Morgan fingerprint density at radius 1 is 1.26 bits per heavy atom. The Labute approximate surface area is 116 Å². The predicted molar refractivity (Wildman–Crippen MR) is 75.4 cm³/mol. The Balaban J connectivity index is 2.54. The summed E-state index contributed by atoms with van der Waals surface area (Å²) in [6.07, 6.45) is 1.43. The Morgan fingerprint density at radius 3 is 2.32 bits per heavy atom. The van der Waals surface area contributed by atoms with E-state index < -0.39 is 5.97 Å². The fourth-order valence-electron chi connectivity index (χ4n) is 2.04. The van der Waals surface area contributed by atoms with E-state index in [0.29, 0.717) is 5.82 Å². The largest absolute Gasteiger partial charge is 0.481 e. The highest BCUT2D eigenvalue weighted by Gasteiger charge is 2.15. The summed E-state index contributed by atoms with van der Waals surface area (Å²) in [6, 6.07) is 1.98. The van der Waals surface area contributed by atoms with Gasteiger partial charge in [0.15, 0.2) is 5.82 Å². The number of aromatic nitrogens is 2. The summed E-state index contributed by atoms with van der Waals surface area (Å²) >= 11 is 1.60. The molecule has 2 aromatic rings. The molecule has 100 valence electrons. The topological polar surface area (TPSA) is 63.1 Å². The molecule has 0 radical (unpaired) electrons. The van der Waals surface area contributed by atoms with Gasteiger partial charge >= 0.3 is 5.97 Å². The number of aryl methyl sites for hydroxylation is 2. The second kappa shape index (κ2) is 5.93. The fourth-order valence-corrected chi connectivity index (χ4v) is 2.68. The van der Waals surface area contributed by atoms with Crippen LogP contribution in [0.4, 0.5) is 0 Å². The third kappa shape index (κ3) is 2.98. The number of hydrogen-bond donors (Lipinski definition) is 1. The van der Waals surface area contributed by atoms with Crippen molar-refractivity contribution in [2.75, 3.05) is 0 Å². The maximum atomic E-state index is 11.0. The van der Waals surface area contributed by atoms with Gasteiger partial charge in [0.05, 0.1) is 6.42 Å². The van der Waals surface area contributed by atoms with Crippen molar-refractivity contribution in [3.8, 4) is 11.4 Å². The average molecular weight is 276 g/mol. The second-order valence-electron chi connectivity index (χ2n) is 4.21. The van der Waals surface area contributed by atoms with E-state index in [0.717, 1.165) is 35.4 Å². The van der Waals surface area contributed by atoms with Crippen molar-refractivity contribution < 1.29 is 9.90 Å². The summed E-state index contributed by atoms with van der Waals surface area (Å²) in [4.78, 5) is 20.0. The molecule has 5 heteroatoms. The zero-order valence-corrected chi connectivity index (χ0v) is 11.8. The molecule has 0 saturated heterocycles. The number of carboxylic acids is 1. The van der Waals surface area contributed by atoms with Crippen LogP contribution in [-0.2, 0) is 24.1 Å². The van der Waals surface area contributed by atoms with Crippen LogP contribution in [0.2, 0.25) is 0 Å². The molecule has 0 fully saturated rings. The maximum absolute atomic E-state index is 11.0. The van der Waals surface area contributed by atoms with Crippen LogP contribution in [0.15, 0.2) is 16.8 Å². The van der Waals surface area contributed by atoms with E-state index >= 15 is 0 Å². The van der Waals surface area contributed by atoms with E-state index in [2.05, 4.69) is 9.97 Å². The predicted octanol–water partition coefficient (Wildman–Crippen LogP) is 2.96.